The minimum absolute atomic E-state index is 0.131. The number of fused-ring (bicyclic) bond motifs is 1. The Balaban J connectivity index is 1.59. The predicted molar refractivity (Wildman–Crippen MR) is 111 cm³/mol. The van der Waals surface area contributed by atoms with Gasteiger partial charge in [-0.1, -0.05) is 38.0 Å². The molecule has 1 aromatic rings. The maximum atomic E-state index is 12.4. The number of unbranched alkanes of at least 4 members (excludes halogenated alkanes) is 2. The van der Waals surface area contributed by atoms with Crippen molar-refractivity contribution in [1.82, 2.24) is 4.90 Å². The molecule has 1 aromatic carbocycles. The second-order valence-corrected chi connectivity index (χ2v) is 9.86. The van der Waals surface area contributed by atoms with E-state index >= 15 is 0 Å². The topological polar surface area (TPSA) is 113 Å². The molecule has 2 aliphatic rings. The van der Waals surface area contributed by atoms with E-state index in [0.717, 1.165) is 38.6 Å². The molecule has 0 saturated heterocycles. The summed E-state index contributed by atoms with van der Waals surface area (Å²) in [6.07, 6.45) is 6.89. The summed E-state index contributed by atoms with van der Waals surface area (Å²) in [7, 11) is -4.50. The Morgan fingerprint density at radius 3 is 2.86 bits per heavy atom. The molecule has 0 aromatic heterocycles. The number of hydrogen-bond donors (Lipinski definition) is 3. The summed E-state index contributed by atoms with van der Waals surface area (Å²) in [5, 5.41) is 0. The van der Waals surface area contributed by atoms with Crippen molar-refractivity contribution in [2.75, 3.05) is 13.2 Å². The lowest BCUT2D eigenvalue weighted by Gasteiger charge is -2.30. The largest absolute Gasteiger partial charge is 0.469 e. The van der Waals surface area contributed by atoms with E-state index in [0.29, 0.717) is 25.8 Å². The van der Waals surface area contributed by atoms with Gasteiger partial charge in [0.1, 0.15) is 0 Å². The number of amides is 1. The highest BCUT2D eigenvalue weighted by Crippen LogP contribution is 2.44. The zero-order valence-electron chi connectivity index (χ0n) is 17.2. The Labute approximate surface area is 172 Å². The van der Waals surface area contributed by atoms with Gasteiger partial charge in [-0.15, -0.1) is 0 Å². The minimum atomic E-state index is -4.50. The minimum Gasteiger partial charge on any atom is -0.338 e. The van der Waals surface area contributed by atoms with E-state index in [4.69, 9.17) is 15.5 Å². The fourth-order valence-electron chi connectivity index (χ4n) is 4.51. The number of nitrogens with two attached hydrogens (primary N) is 1. The van der Waals surface area contributed by atoms with Crippen LogP contribution in [0.25, 0.3) is 0 Å². The second kappa shape index (κ2) is 9.27. The van der Waals surface area contributed by atoms with Gasteiger partial charge in [-0.2, -0.15) is 0 Å². The number of carbonyl (C=O) groups is 1. The molecule has 0 unspecified atom stereocenters. The Morgan fingerprint density at radius 2 is 2.14 bits per heavy atom. The second-order valence-electron chi connectivity index (χ2n) is 8.62. The third-order valence-electron chi connectivity index (χ3n) is 6.22. The lowest BCUT2D eigenvalue weighted by Crippen LogP contribution is -2.41. The summed E-state index contributed by atoms with van der Waals surface area (Å²) in [5.41, 5.74) is 9.34. The standard InChI is InChI=1S/C21H33N2O5P/c1-2-3-4-5-20(24)23-11-9-17-12-16(6-7-19(17)14-23)18-8-10-21(22,13-18)15-28-29(25,26)27/h6-7,12,18H,2-5,8-11,13-15,22H2,1H3,(H2,25,26,27)/t18-,21-/m0/s1. The van der Waals surface area contributed by atoms with Gasteiger partial charge >= 0.3 is 7.82 Å². The van der Waals surface area contributed by atoms with E-state index in [2.05, 4.69) is 29.6 Å². The molecule has 1 saturated carbocycles. The zero-order chi connectivity index (χ0) is 21.1. The zero-order valence-corrected chi connectivity index (χ0v) is 18.1. The van der Waals surface area contributed by atoms with E-state index in [1.165, 1.54) is 16.7 Å². The first-order valence-corrected chi connectivity index (χ1v) is 12.1. The highest BCUT2D eigenvalue weighted by molar-refractivity contribution is 7.46. The van der Waals surface area contributed by atoms with Gasteiger partial charge < -0.3 is 20.4 Å². The van der Waals surface area contributed by atoms with Crippen molar-refractivity contribution < 1.29 is 23.7 Å². The molecular formula is C21H33N2O5P. The average molecular weight is 424 g/mol. The number of carbonyl (C=O) groups excluding carboxylic acids is 1. The van der Waals surface area contributed by atoms with Crippen LogP contribution in [0.1, 0.15) is 74.5 Å². The predicted octanol–water partition coefficient (Wildman–Crippen LogP) is 3.23. The lowest BCUT2D eigenvalue weighted by atomic mass is 9.89. The molecule has 7 nitrogen and oxygen atoms in total. The first-order chi connectivity index (χ1) is 13.7. The fraction of sp³-hybridized carbons (Fsp3) is 0.667. The van der Waals surface area contributed by atoms with Crippen LogP contribution in [0.2, 0.25) is 0 Å². The molecule has 0 radical (unpaired) electrons. The number of rotatable bonds is 8. The van der Waals surface area contributed by atoms with Crippen LogP contribution in [0.4, 0.5) is 0 Å². The molecule has 0 spiro atoms. The molecular weight excluding hydrogens is 391 g/mol. The van der Waals surface area contributed by atoms with Gasteiger partial charge in [0.05, 0.1) is 6.61 Å². The van der Waals surface area contributed by atoms with E-state index in [-0.39, 0.29) is 18.4 Å². The smallest absolute Gasteiger partial charge is 0.338 e. The van der Waals surface area contributed by atoms with Crippen LogP contribution in [0.15, 0.2) is 18.2 Å². The van der Waals surface area contributed by atoms with Crippen LogP contribution in [-0.2, 0) is 26.8 Å². The Morgan fingerprint density at radius 1 is 1.34 bits per heavy atom. The fourth-order valence-corrected chi connectivity index (χ4v) is 4.93. The van der Waals surface area contributed by atoms with Gasteiger partial charge in [0.25, 0.3) is 0 Å². The van der Waals surface area contributed by atoms with Gasteiger partial charge in [0.15, 0.2) is 0 Å². The highest BCUT2D eigenvalue weighted by Gasteiger charge is 2.38. The van der Waals surface area contributed by atoms with Gasteiger partial charge in [0, 0.05) is 25.0 Å². The van der Waals surface area contributed by atoms with Crippen LogP contribution in [0.3, 0.4) is 0 Å². The van der Waals surface area contributed by atoms with Gasteiger partial charge in [-0.3, -0.25) is 9.32 Å². The van der Waals surface area contributed by atoms with Crippen LogP contribution in [0.5, 0.6) is 0 Å². The first-order valence-electron chi connectivity index (χ1n) is 10.6. The van der Waals surface area contributed by atoms with E-state index in [1.54, 1.807) is 0 Å². The number of phosphoric ester groups is 1. The molecule has 8 heteroatoms. The van der Waals surface area contributed by atoms with Gasteiger partial charge in [-0.05, 0) is 54.7 Å². The Kier molecular flexibility index (Phi) is 7.18. The van der Waals surface area contributed by atoms with Crippen LogP contribution >= 0.6 is 7.82 Å². The molecule has 1 amide bonds. The SMILES string of the molecule is CCCCCC(=O)N1CCc2cc([C@H]3CC[C@@](N)(COP(=O)(O)O)C3)ccc2C1. The molecule has 162 valence electrons. The Hall–Kier alpha value is -1.24. The van der Waals surface area contributed by atoms with Crippen molar-refractivity contribution in [3.63, 3.8) is 0 Å². The molecule has 1 heterocycles. The maximum Gasteiger partial charge on any atom is 0.469 e. The average Bonchev–Trinajstić information content (AvgIpc) is 3.08. The van der Waals surface area contributed by atoms with Crippen molar-refractivity contribution in [3.05, 3.63) is 34.9 Å². The number of phosphoric acid groups is 1. The van der Waals surface area contributed by atoms with Crippen LogP contribution < -0.4 is 5.73 Å². The molecule has 1 fully saturated rings. The number of benzene rings is 1. The van der Waals surface area contributed by atoms with Gasteiger partial charge in [-0.25, -0.2) is 4.57 Å². The van der Waals surface area contributed by atoms with Crippen molar-refractivity contribution in [2.24, 2.45) is 5.73 Å². The number of nitrogens with zero attached hydrogens (tertiary/aromatic N) is 1. The van der Waals surface area contributed by atoms with Crippen molar-refractivity contribution in [1.29, 1.82) is 0 Å². The monoisotopic (exact) mass is 424 g/mol. The quantitative estimate of drug-likeness (QED) is 0.436. The summed E-state index contributed by atoms with van der Waals surface area (Å²) in [6.45, 7) is 3.46. The molecule has 1 aliphatic heterocycles. The molecule has 2 atom stereocenters. The third kappa shape index (κ3) is 6.12. The van der Waals surface area contributed by atoms with Crippen LogP contribution in [0, 0.1) is 0 Å². The third-order valence-corrected chi connectivity index (χ3v) is 6.69. The molecule has 4 N–H and O–H groups in total. The summed E-state index contributed by atoms with van der Waals surface area (Å²) in [6, 6.07) is 6.47. The van der Waals surface area contributed by atoms with Crippen molar-refractivity contribution in [2.45, 2.75) is 76.3 Å². The number of hydrogen-bond acceptors (Lipinski definition) is 4. The molecule has 1 aliphatic carbocycles. The normalized spacial score (nSPS) is 24.6. The summed E-state index contributed by atoms with van der Waals surface area (Å²) >= 11 is 0. The van der Waals surface area contributed by atoms with E-state index in [9.17, 15) is 9.36 Å². The highest BCUT2D eigenvalue weighted by atomic mass is 31.2. The van der Waals surface area contributed by atoms with Crippen molar-refractivity contribution >= 4 is 13.7 Å². The van der Waals surface area contributed by atoms with E-state index < -0.39 is 13.4 Å². The molecule has 0 bridgehead atoms. The molecule has 29 heavy (non-hydrogen) atoms. The summed E-state index contributed by atoms with van der Waals surface area (Å²) in [4.78, 5) is 32.2. The summed E-state index contributed by atoms with van der Waals surface area (Å²) < 4.78 is 15.6. The maximum absolute atomic E-state index is 12.4. The van der Waals surface area contributed by atoms with Crippen molar-refractivity contribution in [3.8, 4) is 0 Å². The van der Waals surface area contributed by atoms with Crippen LogP contribution in [-0.4, -0.2) is 39.3 Å². The molecule has 3 rings (SSSR count). The lowest BCUT2D eigenvalue weighted by molar-refractivity contribution is -0.132. The first kappa shape index (κ1) is 22.4. The Bertz CT molecular complexity index is 780. The summed E-state index contributed by atoms with van der Waals surface area (Å²) in [5.74, 6) is 0.515. The van der Waals surface area contributed by atoms with Gasteiger partial charge in [0.2, 0.25) is 5.91 Å². The van der Waals surface area contributed by atoms with E-state index in [1.807, 2.05) is 4.90 Å².